The van der Waals surface area contributed by atoms with Crippen LogP contribution in [0.5, 0.6) is 11.5 Å². The van der Waals surface area contributed by atoms with E-state index in [9.17, 15) is 20.0 Å². The van der Waals surface area contributed by atoms with E-state index in [1.807, 2.05) is 0 Å². The lowest BCUT2D eigenvalue weighted by atomic mass is 10.1. The molecule has 3 rings (SSSR count). The normalized spacial score (nSPS) is 15.3. The summed E-state index contributed by atoms with van der Waals surface area (Å²) < 4.78 is 5.34. The molecule has 1 N–H and O–H groups in total. The van der Waals surface area contributed by atoms with Crippen molar-refractivity contribution in [1.29, 1.82) is 5.26 Å². The van der Waals surface area contributed by atoms with Gasteiger partial charge >= 0.3 is 0 Å². The Bertz CT molecular complexity index is 978. The molecule has 1 aliphatic heterocycles. The highest BCUT2D eigenvalue weighted by Crippen LogP contribution is 2.37. The lowest BCUT2D eigenvalue weighted by Crippen LogP contribution is -2.27. The molecule has 27 heavy (non-hydrogen) atoms. The molecule has 1 fully saturated rings. The molecule has 0 radical (unpaired) electrons. The zero-order chi connectivity index (χ0) is 19.4. The van der Waals surface area contributed by atoms with Crippen LogP contribution in [0.3, 0.4) is 0 Å². The van der Waals surface area contributed by atoms with Crippen LogP contribution in [0.4, 0.5) is 4.79 Å². The number of carbonyl (C=O) groups excluding carboxylic acids is 2. The van der Waals surface area contributed by atoms with E-state index in [4.69, 9.17) is 4.74 Å². The number of benzene rings is 2. The first kappa shape index (κ1) is 18.5. The van der Waals surface area contributed by atoms with Gasteiger partial charge in [-0.15, -0.1) is 0 Å². The van der Waals surface area contributed by atoms with Crippen molar-refractivity contribution < 1.29 is 19.4 Å². The largest absolute Gasteiger partial charge is 0.504 e. The van der Waals surface area contributed by atoms with Gasteiger partial charge in [0.25, 0.3) is 11.1 Å². The van der Waals surface area contributed by atoms with Crippen molar-refractivity contribution in [2.24, 2.45) is 0 Å². The van der Waals surface area contributed by atoms with Crippen LogP contribution in [0.1, 0.15) is 23.6 Å². The van der Waals surface area contributed by atoms with Crippen LogP contribution in [0, 0.1) is 11.3 Å². The molecule has 0 spiro atoms. The average Bonchev–Trinajstić information content (AvgIpc) is 2.93. The third kappa shape index (κ3) is 3.81. The molecule has 2 aromatic rings. The maximum atomic E-state index is 12.7. The number of aromatic hydroxyl groups is 1. The second kappa shape index (κ2) is 7.98. The minimum absolute atomic E-state index is 0.0245. The number of carbonyl (C=O) groups is 2. The molecule has 6 nitrogen and oxygen atoms in total. The van der Waals surface area contributed by atoms with Crippen LogP contribution in [0.25, 0.3) is 6.08 Å². The predicted octanol–water partition coefficient (Wildman–Crippen LogP) is 3.90. The number of thioether (sulfide) groups is 1. The number of nitrogens with zero attached hydrogens (tertiary/aromatic N) is 2. The van der Waals surface area contributed by atoms with E-state index in [-0.39, 0.29) is 17.2 Å². The Balaban J connectivity index is 1.87. The summed E-state index contributed by atoms with van der Waals surface area (Å²) in [4.78, 5) is 26.3. The molecule has 136 valence electrons. The van der Waals surface area contributed by atoms with Crippen molar-refractivity contribution in [3.63, 3.8) is 0 Å². The van der Waals surface area contributed by atoms with Gasteiger partial charge in [0.2, 0.25) is 0 Å². The minimum Gasteiger partial charge on any atom is -0.504 e. The standard InChI is InChI=1S/C20H16N2O4S/c1-2-26-16-9-5-8-13(18(16)23)10-17-19(24)22(20(25)27-17)12-15-7-4-3-6-14(15)11-21/h3-10,23H,2,12H2,1H3/b17-10+. The van der Waals surface area contributed by atoms with Gasteiger partial charge in [0.15, 0.2) is 11.5 Å². The molecule has 0 aliphatic carbocycles. The fourth-order valence-corrected chi connectivity index (χ4v) is 3.47. The molecule has 0 aromatic heterocycles. The van der Waals surface area contributed by atoms with E-state index in [0.717, 1.165) is 16.7 Å². The Hall–Kier alpha value is -3.24. The van der Waals surface area contributed by atoms with Crippen LogP contribution in [0.2, 0.25) is 0 Å². The van der Waals surface area contributed by atoms with Gasteiger partial charge in [-0.05, 0) is 42.5 Å². The summed E-state index contributed by atoms with van der Waals surface area (Å²) in [6.07, 6.45) is 1.47. The molecule has 0 saturated carbocycles. The minimum atomic E-state index is -0.459. The molecule has 1 heterocycles. The van der Waals surface area contributed by atoms with E-state index in [0.29, 0.717) is 29.0 Å². The third-order valence-electron chi connectivity index (χ3n) is 3.96. The summed E-state index contributed by atoms with van der Waals surface area (Å²) in [6, 6.07) is 13.8. The fourth-order valence-electron chi connectivity index (χ4n) is 2.64. The van der Waals surface area contributed by atoms with Crippen molar-refractivity contribution >= 4 is 29.0 Å². The smallest absolute Gasteiger partial charge is 0.293 e. The number of imide groups is 1. The maximum Gasteiger partial charge on any atom is 0.293 e. The molecular formula is C20H16N2O4S. The Labute approximate surface area is 160 Å². The lowest BCUT2D eigenvalue weighted by Gasteiger charge is -2.13. The second-order valence-electron chi connectivity index (χ2n) is 5.66. The van der Waals surface area contributed by atoms with E-state index >= 15 is 0 Å². The molecular weight excluding hydrogens is 364 g/mol. The van der Waals surface area contributed by atoms with E-state index in [1.54, 1.807) is 49.4 Å². The number of phenols is 1. The molecule has 0 unspecified atom stereocenters. The second-order valence-corrected chi connectivity index (χ2v) is 6.66. The first-order chi connectivity index (χ1) is 13.0. The number of para-hydroxylation sites is 1. The summed E-state index contributed by atoms with van der Waals surface area (Å²) in [5.74, 6) is -0.228. The van der Waals surface area contributed by atoms with Gasteiger partial charge < -0.3 is 9.84 Å². The highest BCUT2D eigenvalue weighted by molar-refractivity contribution is 8.18. The zero-order valence-electron chi connectivity index (χ0n) is 14.5. The van der Waals surface area contributed by atoms with E-state index < -0.39 is 11.1 Å². The SMILES string of the molecule is CCOc1cccc(/C=C2/SC(=O)N(Cc3ccccc3C#N)C2=O)c1O. The van der Waals surface area contributed by atoms with Gasteiger partial charge in [-0.25, -0.2) is 0 Å². The van der Waals surface area contributed by atoms with Gasteiger partial charge in [-0.2, -0.15) is 5.26 Å². The molecule has 2 amide bonds. The summed E-state index contributed by atoms with van der Waals surface area (Å²) in [7, 11) is 0. The Morgan fingerprint density at radius 3 is 2.74 bits per heavy atom. The fraction of sp³-hybridized carbons (Fsp3) is 0.150. The number of hydrogen-bond donors (Lipinski definition) is 1. The Morgan fingerprint density at radius 2 is 2.00 bits per heavy atom. The van der Waals surface area contributed by atoms with Crippen LogP contribution < -0.4 is 4.74 Å². The van der Waals surface area contributed by atoms with Crippen LogP contribution in [0.15, 0.2) is 47.4 Å². The van der Waals surface area contributed by atoms with Crippen LogP contribution in [-0.4, -0.2) is 27.8 Å². The first-order valence-electron chi connectivity index (χ1n) is 8.23. The highest BCUT2D eigenvalue weighted by atomic mass is 32.2. The number of phenolic OH excluding ortho intramolecular Hbond substituents is 1. The quantitative estimate of drug-likeness (QED) is 0.791. The monoisotopic (exact) mass is 380 g/mol. The molecule has 1 saturated heterocycles. The van der Waals surface area contributed by atoms with Crippen LogP contribution >= 0.6 is 11.8 Å². The van der Waals surface area contributed by atoms with Crippen molar-refractivity contribution in [3.8, 4) is 17.6 Å². The molecule has 1 aliphatic rings. The third-order valence-corrected chi connectivity index (χ3v) is 4.86. The molecule has 0 bridgehead atoms. The number of amides is 2. The summed E-state index contributed by atoms with van der Waals surface area (Å²) >= 11 is 0.801. The van der Waals surface area contributed by atoms with E-state index in [2.05, 4.69) is 6.07 Å². The summed E-state index contributed by atoms with van der Waals surface area (Å²) in [5, 5.41) is 19.0. The zero-order valence-corrected chi connectivity index (χ0v) is 15.3. The van der Waals surface area contributed by atoms with Gasteiger partial charge in [0.05, 0.1) is 29.7 Å². The topological polar surface area (TPSA) is 90.6 Å². The lowest BCUT2D eigenvalue weighted by molar-refractivity contribution is -0.123. The summed E-state index contributed by atoms with van der Waals surface area (Å²) in [5.41, 5.74) is 1.41. The van der Waals surface area contributed by atoms with Crippen molar-refractivity contribution in [1.82, 2.24) is 4.90 Å². The molecule has 2 aromatic carbocycles. The van der Waals surface area contributed by atoms with Crippen LogP contribution in [-0.2, 0) is 11.3 Å². The number of hydrogen-bond acceptors (Lipinski definition) is 6. The highest BCUT2D eigenvalue weighted by Gasteiger charge is 2.35. The predicted molar refractivity (Wildman–Crippen MR) is 102 cm³/mol. The number of rotatable bonds is 5. The van der Waals surface area contributed by atoms with Gasteiger partial charge in [-0.3, -0.25) is 14.5 Å². The first-order valence-corrected chi connectivity index (χ1v) is 9.05. The Morgan fingerprint density at radius 1 is 1.22 bits per heavy atom. The van der Waals surface area contributed by atoms with Gasteiger partial charge in [-0.1, -0.05) is 30.3 Å². The molecule has 0 atom stereocenters. The Kier molecular flexibility index (Phi) is 5.48. The van der Waals surface area contributed by atoms with Gasteiger partial charge in [0, 0.05) is 5.56 Å². The summed E-state index contributed by atoms with van der Waals surface area (Å²) in [6.45, 7) is 2.22. The van der Waals surface area contributed by atoms with E-state index in [1.165, 1.54) is 6.08 Å². The number of nitriles is 1. The van der Waals surface area contributed by atoms with Crippen molar-refractivity contribution in [3.05, 3.63) is 64.1 Å². The molecule has 7 heteroatoms. The maximum absolute atomic E-state index is 12.7. The van der Waals surface area contributed by atoms with Crippen molar-refractivity contribution in [2.75, 3.05) is 6.61 Å². The van der Waals surface area contributed by atoms with Crippen molar-refractivity contribution in [2.45, 2.75) is 13.5 Å². The number of ether oxygens (including phenoxy) is 1. The average molecular weight is 380 g/mol. The van der Waals surface area contributed by atoms with Gasteiger partial charge in [0.1, 0.15) is 0 Å².